The van der Waals surface area contributed by atoms with E-state index in [2.05, 4.69) is 10.2 Å². The van der Waals surface area contributed by atoms with Gasteiger partial charge < -0.3 is 0 Å². The van der Waals surface area contributed by atoms with Crippen LogP contribution in [0.15, 0.2) is 72.8 Å². The van der Waals surface area contributed by atoms with Crippen molar-refractivity contribution in [2.45, 2.75) is 6.92 Å². The number of aryl methyl sites for hydroxylation is 1. The van der Waals surface area contributed by atoms with E-state index in [-0.39, 0.29) is 5.78 Å². The third-order valence-electron chi connectivity index (χ3n) is 3.94. The largest absolute Gasteiger partial charge is 0.289 e. The number of fused-ring (bicyclic) bond motifs is 1. The lowest BCUT2D eigenvalue weighted by Gasteiger charge is -2.09. The maximum absolute atomic E-state index is 12.9. The molecular formula is C20H15N3O. The molecule has 0 aliphatic rings. The van der Waals surface area contributed by atoms with Crippen molar-refractivity contribution in [2.75, 3.05) is 0 Å². The average Bonchev–Trinajstić information content (AvgIpc) is 3.06. The molecule has 116 valence electrons. The topological polar surface area (TPSA) is 47.8 Å². The first-order valence-electron chi connectivity index (χ1n) is 7.75. The average molecular weight is 313 g/mol. The van der Waals surface area contributed by atoms with Crippen molar-refractivity contribution < 1.29 is 4.79 Å². The molecule has 0 aliphatic carbocycles. The van der Waals surface area contributed by atoms with Gasteiger partial charge >= 0.3 is 0 Å². The molecule has 0 atom stereocenters. The van der Waals surface area contributed by atoms with E-state index in [4.69, 9.17) is 0 Å². The molecule has 1 heterocycles. The maximum Gasteiger partial charge on any atom is 0.195 e. The Morgan fingerprint density at radius 1 is 0.833 bits per heavy atom. The van der Waals surface area contributed by atoms with Crippen molar-refractivity contribution in [3.63, 3.8) is 0 Å². The molecule has 0 unspecified atom stereocenters. The number of carbonyl (C=O) groups excluding carboxylic acids is 1. The van der Waals surface area contributed by atoms with E-state index in [1.165, 1.54) is 0 Å². The Balaban J connectivity index is 1.89. The second-order valence-electron chi connectivity index (χ2n) is 5.69. The summed E-state index contributed by atoms with van der Waals surface area (Å²) in [5, 5.41) is 9.03. The summed E-state index contributed by atoms with van der Waals surface area (Å²) < 4.78 is 0. The zero-order chi connectivity index (χ0) is 16.5. The summed E-state index contributed by atoms with van der Waals surface area (Å²) in [6.07, 6.45) is 0. The molecule has 0 saturated heterocycles. The van der Waals surface area contributed by atoms with E-state index in [0.717, 1.165) is 16.6 Å². The van der Waals surface area contributed by atoms with Crippen LogP contribution in [0.4, 0.5) is 0 Å². The Kier molecular flexibility index (Phi) is 3.43. The van der Waals surface area contributed by atoms with Gasteiger partial charge in [-0.1, -0.05) is 48.5 Å². The number of hydrogen-bond donors (Lipinski definition) is 0. The highest BCUT2D eigenvalue weighted by atomic mass is 16.1. The Morgan fingerprint density at radius 3 is 2.12 bits per heavy atom. The molecule has 0 aliphatic heterocycles. The summed E-state index contributed by atoms with van der Waals surface area (Å²) >= 11 is 0. The monoisotopic (exact) mass is 313 g/mol. The summed E-state index contributed by atoms with van der Waals surface area (Å²) in [7, 11) is 0. The van der Waals surface area contributed by atoms with Gasteiger partial charge in [0, 0.05) is 5.56 Å². The van der Waals surface area contributed by atoms with Crippen molar-refractivity contribution in [3.8, 4) is 5.69 Å². The smallest absolute Gasteiger partial charge is 0.195 e. The molecule has 0 amide bonds. The van der Waals surface area contributed by atoms with E-state index >= 15 is 0 Å². The quantitative estimate of drug-likeness (QED) is 0.538. The number of aromatic nitrogens is 3. The summed E-state index contributed by atoms with van der Waals surface area (Å²) in [6.45, 7) is 1.99. The number of rotatable bonds is 3. The number of carbonyl (C=O) groups is 1. The third kappa shape index (κ3) is 2.48. The lowest BCUT2D eigenvalue weighted by atomic mass is 10.0. The molecule has 0 bridgehead atoms. The van der Waals surface area contributed by atoms with Gasteiger partial charge in [0.25, 0.3) is 0 Å². The molecule has 4 rings (SSSR count). The lowest BCUT2D eigenvalue weighted by molar-refractivity contribution is 0.103. The van der Waals surface area contributed by atoms with Gasteiger partial charge in [-0.25, -0.2) is 0 Å². The Hall–Kier alpha value is -3.27. The predicted octanol–water partition coefficient (Wildman–Crippen LogP) is 3.96. The van der Waals surface area contributed by atoms with Gasteiger partial charge in [-0.15, -0.1) is 15.0 Å². The van der Waals surface area contributed by atoms with Crippen molar-refractivity contribution in [2.24, 2.45) is 0 Å². The molecule has 24 heavy (non-hydrogen) atoms. The minimum absolute atomic E-state index is 0.0352. The number of nitrogens with zero attached hydrogens (tertiary/aromatic N) is 3. The molecular weight excluding hydrogens is 298 g/mol. The molecule has 1 aromatic heterocycles. The molecule has 0 fully saturated rings. The highest BCUT2D eigenvalue weighted by molar-refractivity contribution is 6.11. The molecule has 3 aromatic carbocycles. The molecule has 0 spiro atoms. The zero-order valence-corrected chi connectivity index (χ0v) is 13.2. The third-order valence-corrected chi connectivity index (χ3v) is 3.94. The number of benzene rings is 3. The van der Waals surface area contributed by atoms with Gasteiger partial charge in [0.2, 0.25) is 0 Å². The molecule has 4 aromatic rings. The first kappa shape index (κ1) is 14.3. The first-order chi connectivity index (χ1) is 11.7. The summed E-state index contributed by atoms with van der Waals surface area (Å²) in [5.41, 5.74) is 4.59. The van der Waals surface area contributed by atoms with E-state index in [1.54, 1.807) is 4.80 Å². The van der Waals surface area contributed by atoms with Gasteiger partial charge in [-0.3, -0.25) is 4.79 Å². The molecule has 0 N–H and O–H groups in total. The first-order valence-corrected chi connectivity index (χ1v) is 7.75. The van der Waals surface area contributed by atoms with Gasteiger partial charge in [-0.05, 0) is 36.8 Å². The van der Waals surface area contributed by atoms with Crippen molar-refractivity contribution in [1.29, 1.82) is 0 Å². The van der Waals surface area contributed by atoms with Gasteiger partial charge in [0.15, 0.2) is 5.78 Å². The fourth-order valence-electron chi connectivity index (χ4n) is 2.71. The van der Waals surface area contributed by atoms with Gasteiger partial charge in [-0.2, -0.15) is 0 Å². The fourth-order valence-corrected chi connectivity index (χ4v) is 2.71. The standard InChI is InChI=1S/C20H15N3O/c1-14-11-12-16(20(24)15-7-3-2-4-8-15)19(13-14)23-21-17-9-5-6-10-18(17)22-23/h2-13H,1H3. The van der Waals surface area contributed by atoms with Crippen LogP contribution in [0.3, 0.4) is 0 Å². The van der Waals surface area contributed by atoms with Gasteiger partial charge in [0.1, 0.15) is 11.0 Å². The minimum Gasteiger partial charge on any atom is -0.289 e. The second kappa shape index (κ2) is 5.74. The Morgan fingerprint density at radius 2 is 1.46 bits per heavy atom. The van der Waals surface area contributed by atoms with Crippen LogP contribution in [-0.4, -0.2) is 20.8 Å². The number of hydrogen-bond acceptors (Lipinski definition) is 3. The second-order valence-corrected chi connectivity index (χ2v) is 5.69. The summed E-state index contributed by atoms with van der Waals surface area (Å²) in [6, 6.07) is 22.6. The summed E-state index contributed by atoms with van der Waals surface area (Å²) in [5.74, 6) is -0.0352. The van der Waals surface area contributed by atoms with E-state index in [0.29, 0.717) is 16.8 Å². The molecule has 4 heteroatoms. The normalized spacial score (nSPS) is 10.9. The van der Waals surface area contributed by atoms with Crippen molar-refractivity contribution in [1.82, 2.24) is 15.0 Å². The highest BCUT2D eigenvalue weighted by Gasteiger charge is 2.16. The lowest BCUT2D eigenvalue weighted by Crippen LogP contribution is -2.10. The van der Waals surface area contributed by atoms with Crippen LogP contribution < -0.4 is 0 Å². The van der Waals surface area contributed by atoms with Crippen LogP contribution in [-0.2, 0) is 0 Å². The van der Waals surface area contributed by atoms with E-state index < -0.39 is 0 Å². The Bertz CT molecular complexity index is 1000. The Labute approximate surface area is 139 Å². The van der Waals surface area contributed by atoms with Crippen LogP contribution in [0.1, 0.15) is 21.5 Å². The maximum atomic E-state index is 12.9. The number of ketones is 1. The van der Waals surface area contributed by atoms with Crippen molar-refractivity contribution >= 4 is 16.8 Å². The van der Waals surface area contributed by atoms with Crippen LogP contribution in [0, 0.1) is 6.92 Å². The van der Waals surface area contributed by atoms with Crippen LogP contribution >= 0.6 is 0 Å². The van der Waals surface area contributed by atoms with Gasteiger partial charge in [0.05, 0.1) is 11.3 Å². The predicted molar refractivity (Wildman–Crippen MR) is 93.5 cm³/mol. The zero-order valence-electron chi connectivity index (χ0n) is 13.2. The molecule has 4 nitrogen and oxygen atoms in total. The molecule has 0 radical (unpaired) electrons. The summed E-state index contributed by atoms with van der Waals surface area (Å²) in [4.78, 5) is 14.4. The van der Waals surface area contributed by atoms with E-state index in [1.807, 2.05) is 79.7 Å². The van der Waals surface area contributed by atoms with Crippen LogP contribution in [0.2, 0.25) is 0 Å². The molecule has 0 saturated carbocycles. The van der Waals surface area contributed by atoms with Crippen LogP contribution in [0.5, 0.6) is 0 Å². The van der Waals surface area contributed by atoms with Crippen molar-refractivity contribution in [3.05, 3.63) is 89.5 Å². The fraction of sp³-hybridized carbons (Fsp3) is 0.0500. The van der Waals surface area contributed by atoms with E-state index in [9.17, 15) is 4.79 Å². The van der Waals surface area contributed by atoms with Crippen LogP contribution in [0.25, 0.3) is 16.7 Å². The minimum atomic E-state index is -0.0352. The SMILES string of the molecule is Cc1ccc(C(=O)c2ccccc2)c(-n2nc3ccccc3n2)c1. The highest BCUT2D eigenvalue weighted by Crippen LogP contribution is 2.21.